The maximum absolute atomic E-state index is 10.7. The van der Waals surface area contributed by atoms with Crippen molar-refractivity contribution in [2.45, 2.75) is 0 Å². The van der Waals surface area contributed by atoms with Gasteiger partial charge in [0, 0.05) is 0 Å². The topological polar surface area (TPSA) is 43.4 Å². The lowest BCUT2D eigenvalue weighted by atomic mass is 10.5. The van der Waals surface area contributed by atoms with Crippen LogP contribution >= 0.6 is 0 Å². The summed E-state index contributed by atoms with van der Waals surface area (Å²) in [6.45, 7) is 0. The van der Waals surface area contributed by atoms with Crippen LogP contribution in [0, 0.1) is 0 Å². The molecule has 0 atom stereocenters. The van der Waals surface area contributed by atoms with Crippen LogP contribution in [0.1, 0.15) is 0 Å². The van der Waals surface area contributed by atoms with Crippen molar-refractivity contribution in [2.24, 2.45) is 0 Å². The Labute approximate surface area is 79.6 Å². The molecule has 0 saturated heterocycles. The Bertz CT molecular complexity index is 147. The average Bonchev–Trinajstić information content (AvgIpc) is 1.85. The van der Waals surface area contributed by atoms with Crippen LogP contribution in [0.25, 0.3) is 0 Å². The molecule has 0 bridgehead atoms. The molecule has 0 heterocycles. The molecular weight excluding hydrogens is 232 g/mol. The number of hydrogen-bond acceptors (Lipinski definition) is 3. The largest absolute Gasteiger partial charge is 1.00 e. The molecule has 0 radical (unpaired) electrons. The minimum absolute atomic E-state index is 0. The van der Waals surface area contributed by atoms with Gasteiger partial charge in [0.2, 0.25) is 0 Å². The normalized spacial score (nSPS) is 8.73. The van der Waals surface area contributed by atoms with Crippen LogP contribution in [0.4, 0.5) is 0 Å². The summed E-state index contributed by atoms with van der Waals surface area (Å²) in [4.78, 5) is 21.2. The van der Waals surface area contributed by atoms with Gasteiger partial charge >= 0.3 is 5.97 Å². The van der Waals surface area contributed by atoms with Gasteiger partial charge in [-0.3, -0.25) is 4.79 Å². The lowest BCUT2D eigenvalue weighted by Gasteiger charge is -1.94. The summed E-state index contributed by atoms with van der Waals surface area (Å²) in [7, 11) is 1.19. The summed E-state index contributed by atoms with van der Waals surface area (Å²) >= 11 is 0. The molecule has 0 fully saturated rings. The highest BCUT2D eigenvalue weighted by molar-refractivity contribution is 7.96. The van der Waals surface area contributed by atoms with E-state index in [9.17, 15) is 9.59 Å². The van der Waals surface area contributed by atoms with Gasteiger partial charge in [0.25, 0.3) is 5.78 Å². The monoisotopic (exact) mass is 242 g/mol. The van der Waals surface area contributed by atoms with Crippen molar-refractivity contribution in [3.05, 3.63) is 0 Å². The zero-order chi connectivity index (χ0) is 8.15. The van der Waals surface area contributed by atoms with Crippen molar-refractivity contribution in [1.29, 1.82) is 0 Å². The molecule has 66 valence electrons. The Kier molecular flexibility index (Phi) is 8.21. The van der Waals surface area contributed by atoms with Crippen molar-refractivity contribution in [1.82, 2.24) is 0 Å². The van der Waals surface area contributed by atoms with E-state index in [2.05, 4.69) is 4.74 Å². The van der Waals surface area contributed by atoms with Gasteiger partial charge in [-0.05, 0) is 10.9 Å². The third-order valence-electron chi connectivity index (χ3n) is 0.833. The van der Waals surface area contributed by atoms with Gasteiger partial charge in [-0.1, -0.05) is 0 Å². The van der Waals surface area contributed by atoms with E-state index in [1.165, 1.54) is 7.11 Å². The second-order valence-electron chi connectivity index (χ2n) is 2.04. The minimum Gasteiger partial charge on any atom is -1.00 e. The molecule has 0 saturated carbocycles. The lowest BCUT2D eigenvalue weighted by molar-refractivity contribution is -0.150. The molecule has 0 aliphatic heterocycles. The first kappa shape index (κ1) is 13.6. The number of hydrogen-bond donors (Lipinski definition) is 0. The molecule has 0 aliphatic carbocycles. The maximum Gasteiger partial charge on any atom is 0.379 e. The summed E-state index contributed by atoms with van der Waals surface area (Å²) in [6.07, 6.45) is 3.81. The zero-order valence-electron chi connectivity index (χ0n) is 6.72. The Balaban J connectivity index is 0. The quantitative estimate of drug-likeness (QED) is 0.295. The van der Waals surface area contributed by atoms with Gasteiger partial charge in [-0.15, -0.1) is 0 Å². The van der Waals surface area contributed by atoms with E-state index in [0.29, 0.717) is 5.75 Å². The molecule has 3 nitrogen and oxygen atoms in total. The van der Waals surface area contributed by atoms with Gasteiger partial charge < -0.3 is 21.7 Å². The second kappa shape index (κ2) is 6.67. The fourth-order valence-electron chi connectivity index (χ4n) is 0.435. The summed E-state index contributed by atoms with van der Waals surface area (Å²) < 4.78 is 4.23. The first-order valence-electron chi connectivity index (χ1n) is 2.73. The molecule has 0 aromatic heterocycles. The van der Waals surface area contributed by atoms with Gasteiger partial charge in [-0.25, -0.2) is 4.79 Å². The lowest BCUT2D eigenvalue weighted by Crippen LogP contribution is -3.00. The Morgan fingerprint density at radius 3 is 2.09 bits per heavy atom. The summed E-state index contributed by atoms with van der Waals surface area (Å²) in [5.74, 6) is -0.871. The van der Waals surface area contributed by atoms with Crippen molar-refractivity contribution in [3.8, 4) is 0 Å². The minimum atomic E-state index is -0.735. The van der Waals surface area contributed by atoms with E-state index in [1.807, 2.05) is 12.5 Å². The van der Waals surface area contributed by atoms with Crippen LogP contribution in [0.5, 0.6) is 0 Å². The van der Waals surface area contributed by atoms with Crippen molar-refractivity contribution >= 4 is 22.6 Å². The molecule has 0 spiro atoms. The molecule has 0 aliphatic rings. The molecule has 5 heteroatoms. The number of halogens is 1. The predicted octanol–water partition coefficient (Wildman–Crippen LogP) is -3.39. The summed E-state index contributed by atoms with van der Waals surface area (Å²) in [6, 6.07) is 0. The number of ketones is 1. The fourth-order valence-corrected chi connectivity index (χ4v) is 1.08. The van der Waals surface area contributed by atoms with Crippen LogP contribution in [0.2, 0.25) is 0 Å². The van der Waals surface area contributed by atoms with Crippen LogP contribution in [0.15, 0.2) is 0 Å². The first-order valence-corrected chi connectivity index (χ1v) is 4.94. The van der Waals surface area contributed by atoms with E-state index in [0.717, 1.165) is 0 Å². The highest BCUT2D eigenvalue weighted by Crippen LogP contribution is 1.87. The summed E-state index contributed by atoms with van der Waals surface area (Å²) in [5.41, 5.74) is 0. The number of carbonyl (C=O) groups excluding carboxylic acids is 2. The average molecular weight is 243 g/mol. The Morgan fingerprint density at radius 1 is 1.36 bits per heavy atom. The fraction of sp³-hybridized carbons (Fsp3) is 0.667. The molecule has 0 N–H and O–H groups in total. The van der Waals surface area contributed by atoms with Crippen LogP contribution in [-0.4, -0.2) is 37.1 Å². The van der Waals surface area contributed by atoms with E-state index in [4.69, 9.17) is 0 Å². The van der Waals surface area contributed by atoms with Gasteiger partial charge in [0.05, 0.1) is 19.6 Å². The highest BCUT2D eigenvalue weighted by atomic mass is 79.9. The van der Waals surface area contributed by atoms with E-state index < -0.39 is 11.8 Å². The molecule has 0 aromatic rings. The van der Waals surface area contributed by atoms with E-state index in [1.54, 1.807) is 0 Å². The number of methoxy groups -OCH3 is 1. The van der Waals surface area contributed by atoms with Crippen LogP contribution < -0.4 is 17.0 Å². The number of ether oxygens (including phenoxy) is 1. The molecule has 0 rings (SSSR count). The standard InChI is InChI=1S/C6H11O3S.BrH/c1-9-6(8)5(7)4-10(2)3;/h4H2,1-3H3;1H/q+1;/p-1. The SMILES string of the molecule is COC(=O)C(=O)C[S+](C)C.[Br-]. The molecule has 0 amide bonds. The second-order valence-corrected chi connectivity index (χ2v) is 4.30. The molecular formula is C6H11BrO3S. The predicted molar refractivity (Wildman–Crippen MR) is 41.1 cm³/mol. The van der Waals surface area contributed by atoms with Crippen molar-refractivity contribution in [2.75, 3.05) is 25.4 Å². The van der Waals surface area contributed by atoms with Gasteiger partial charge in [-0.2, -0.15) is 0 Å². The summed E-state index contributed by atoms with van der Waals surface area (Å²) in [5, 5.41) is 0. The van der Waals surface area contributed by atoms with Crippen LogP contribution in [0.3, 0.4) is 0 Å². The number of Topliss-reactive ketones (excluding diaryl/α,β-unsaturated/α-hetero) is 1. The highest BCUT2D eigenvalue weighted by Gasteiger charge is 2.19. The first-order chi connectivity index (χ1) is 4.57. The van der Waals surface area contributed by atoms with Crippen LogP contribution in [-0.2, 0) is 25.2 Å². The number of carbonyl (C=O) groups is 2. The Hall–Kier alpha value is -0.0300. The van der Waals surface area contributed by atoms with Crippen molar-refractivity contribution in [3.63, 3.8) is 0 Å². The smallest absolute Gasteiger partial charge is 0.379 e. The Morgan fingerprint density at radius 2 is 1.82 bits per heavy atom. The van der Waals surface area contributed by atoms with Crippen molar-refractivity contribution < 1.29 is 31.3 Å². The van der Waals surface area contributed by atoms with Gasteiger partial charge in [0.15, 0.2) is 5.75 Å². The van der Waals surface area contributed by atoms with E-state index >= 15 is 0 Å². The van der Waals surface area contributed by atoms with Gasteiger partial charge in [0.1, 0.15) is 0 Å². The third kappa shape index (κ3) is 6.37. The maximum atomic E-state index is 10.7. The van der Waals surface area contributed by atoms with E-state index in [-0.39, 0.29) is 27.9 Å². The molecule has 0 aromatic carbocycles. The zero-order valence-corrected chi connectivity index (χ0v) is 9.12. The number of rotatable bonds is 3. The molecule has 0 unspecified atom stereocenters. The number of esters is 1. The molecule has 11 heavy (non-hydrogen) atoms. The third-order valence-corrected chi connectivity index (χ3v) is 1.67.